The molecule has 4 unspecified atom stereocenters. The summed E-state index contributed by atoms with van der Waals surface area (Å²) in [6.07, 6.45) is 3.62. The van der Waals surface area contributed by atoms with Crippen molar-refractivity contribution in [2.45, 2.75) is 0 Å². The summed E-state index contributed by atoms with van der Waals surface area (Å²) in [5.41, 5.74) is 0.722. The van der Waals surface area contributed by atoms with Crippen molar-refractivity contribution in [3.8, 4) is 11.5 Å². The van der Waals surface area contributed by atoms with Gasteiger partial charge in [0.05, 0.1) is 35.0 Å². The van der Waals surface area contributed by atoms with E-state index in [9.17, 15) is 29.4 Å². The topological polar surface area (TPSA) is 115 Å². The zero-order chi connectivity index (χ0) is 22.3. The molecule has 2 bridgehead atoms. The van der Waals surface area contributed by atoms with Gasteiger partial charge in [-0.1, -0.05) is 12.2 Å². The summed E-state index contributed by atoms with van der Waals surface area (Å²) in [4.78, 5) is 55.7. The van der Waals surface area contributed by atoms with Crippen LogP contribution in [0, 0.1) is 35.5 Å². The SMILES string of the molecule is O=C1C2C3C=CC(C2C(=O)N1c1ccc(O)cc1)C1C(=O)N(c2ccc(O)cc2)C(=O)C31. The number of carbonyl (C=O) groups excluding carboxylic acids is 4. The van der Waals surface area contributed by atoms with E-state index in [2.05, 4.69) is 0 Å². The Bertz CT molecular complexity index is 1080. The number of amides is 4. The van der Waals surface area contributed by atoms with Crippen molar-refractivity contribution < 1.29 is 29.4 Å². The molecule has 8 heteroatoms. The number of allylic oxidation sites excluding steroid dienone is 2. The molecular weight excluding hydrogens is 412 g/mol. The summed E-state index contributed by atoms with van der Waals surface area (Å²) in [6, 6.07) is 11.6. The van der Waals surface area contributed by atoms with Gasteiger partial charge in [0.25, 0.3) is 0 Å². The lowest BCUT2D eigenvalue weighted by Crippen LogP contribution is -2.50. The van der Waals surface area contributed by atoms with E-state index in [0.29, 0.717) is 11.4 Å². The van der Waals surface area contributed by atoms with Crippen LogP contribution >= 0.6 is 0 Å². The van der Waals surface area contributed by atoms with Crippen LogP contribution in [0.3, 0.4) is 0 Å². The van der Waals surface area contributed by atoms with Crippen LogP contribution in [0.1, 0.15) is 0 Å². The molecule has 7 rings (SSSR count). The number of hydrogen-bond acceptors (Lipinski definition) is 6. The molecule has 4 atom stereocenters. The molecule has 2 aromatic carbocycles. The quantitative estimate of drug-likeness (QED) is 0.555. The predicted molar refractivity (Wildman–Crippen MR) is 111 cm³/mol. The van der Waals surface area contributed by atoms with Crippen LogP contribution in [0.5, 0.6) is 11.5 Å². The molecule has 0 spiro atoms. The highest BCUT2D eigenvalue weighted by atomic mass is 16.3. The minimum absolute atomic E-state index is 0.0204. The van der Waals surface area contributed by atoms with Crippen LogP contribution in [-0.2, 0) is 19.2 Å². The van der Waals surface area contributed by atoms with Crippen molar-refractivity contribution in [1.82, 2.24) is 0 Å². The van der Waals surface area contributed by atoms with Gasteiger partial charge in [0.1, 0.15) is 11.5 Å². The van der Waals surface area contributed by atoms with Gasteiger partial charge in [-0.05, 0) is 48.5 Å². The molecule has 160 valence electrons. The second-order valence-corrected chi connectivity index (χ2v) is 8.70. The van der Waals surface area contributed by atoms with E-state index in [1.165, 1.54) is 48.5 Å². The Hall–Kier alpha value is -3.94. The first-order valence-corrected chi connectivity index (χ1v) is 10.4. The largest absolute Gasteiger partial charge is 0.508 e. The van der Waals surface area contributed by atoms with Gasteiger partial charge in [-0.25, -0.2) is 0 Å². The third kappa shape index (κ3) is 2.26. The average Bonchev–Trinajstić information content (AvgIpc) is 3.23. The number of imide groups is 2. The lowest BCUT2D eigenvalue weighted by molar-refractivity contribution is -0.137. The van der Waals surface area contributed by atoms with E-state index in [-0.39, 0.29) is 35.1 Å². The molecule has 0 radical (unpaired) electrons. The van der Waals surface area contributed by atoms with Gasteiger partial charge in [0.15, 0.2) is 0 Å². The Morgan fingerprint density at radius 1 is 0.500 bits per heavy atom. The van der Waals surface area contributed by atoms with Gasteiger partial charge in [-0.15, -0.1) is 0 Å². The third-order valence-corrected chi connectivity index (χ3v) is 7.23. The highest BCUT2D eigenvalue weighted by Gasteiger charge is 2.68. The van der Waals surface area contributed by atoms with Crippen LogP contribution in [-0.4, -0.2) is 33.8 Å². The van der Waals surface area contributed by atoms with Crippen LogP contribution in [0.25, 0.3) is 0 Å². The number of aromatic hydroxyl groups is 2. The fourth-order valence-electron chi connectivity index (χ4n) is 5.94. The standard InChI is InChI=1S/C24H18N2O6/c27-13-5-1-11(2-6-13)25-21(29)17-15-9-10-16(18(17)22(25)30)20-19(15)23(31)26(24(20)32)12-3-7-14(28)8-4-12/h1-10,15-20,27-28H. The fourth-order valence-corrected chi connectivity index (χ4v) is 5.94. The lowest BCUT2D eigenvalue weighted by Gasteiger charge is -2.44. The van der Waals surface area contributed by atoms with Gasteiger partial charge < -0.3 is 10.2 Å². The molecule has 2 aliphatic heterocycles. The molecule has 2 aromatic rings. The van der Waals surface area contributed by atoms with Crippen molar-refractivity contribution in [3.05, 3.63) is 60.7 Å². The first kappa shape index (κ1) is 18.8. The van der Waals surface area contributed by atoms with Gasteiger partial charge >= 0.3 is 0 Å². The molecule has 2 heterocycles. The van der Waals surface area contributed by atoms with E-state index >= 15 is 0 Å². The van der Waals surface area contributed by atoms with E-state index in [1.807, 2.05) is 12.2 Å². The zero-order valence-corrected chi connectivity index (χ0v) is 16.7. The summed E-state index contributed by atoms with van der Waals surface area (Å²) < 4.78 is 0. The van der Waals surface area contributed by atoms with Gasteiger partial charge in [0.2, 0.25) is 23.6 Å². The van der Waals surface area contributed by atoms with Crippen LogP contribution in [0.4, 0.5) is 11.4 Å². The normalized spacial score (nSPS) is 32.6. The first-order valence-electron chi connectivity index (χ1n) is 10.4. The Morgan fingerprint density at radius 2 is 0.781 bits per heavy atom. The molecule has 32 heavy (non-hydrogen) atoms. The maximum atomic E-state index is 13.4. The number of hydrogen-bond donors (Lipinski definition) is 2. The second kappa shape index (κ2) is 6.29. The number of phenols is 2. The Kier molecular flexibility index (Phi) is 3.69. The zero-order valence-electron chi connectivity index (χ0n) is 16.7. The second-order valence-electron chi connectivity index (χ2n) is 8.70. The van der Waals surface area contributed by atoms with Gasteiger partial charge in [-0.3, -0.25) is 29.0 Å². The summed E-state index contributed by atoms with van der Waals surface area (Å²) in [6.45, 7) is 0. The predicted octanol–water partition coefficient (Wildman–Crippen LogP) is 1.82. The van der Waals surface area contributed by atoms with Crippen LogP contribution in [0.15, 0.2) is 60.7 Å². The highest BCUT2D eigenvalue weighted by molar-refractivity contribution is 6.26. The summed E-state index contributed by atoms with van der Waals surface area (Å²) in [5.74, 6) is -5.41. The smallest absolute Gasteiger partial charge is 0.238 e. The number of phenolic OH excluding ortho intramolecular Hbond substituents is 2. The molecule has 8 nitrogen and oxygen atoms in total. The van der Waals surface area contributed by atoms with E-state index < -0.39 is 35.5 Å². The Labute approximate surface area is 182 Å². The number of benzene rings is 2. The molecule has 2 N–H and O–H groups in total. The summed E-state index contributed by atoms with van der Waals surface area (Å²) in [5, 5.41) is 19.1. The highest BCUT2D eigenvalue weighted by Crippen LogP contribution is 2.58. The van der Waals surface area contributed by atoms with Crippen LogP contribution in [0.2, 0.25) is 0 Å². The van der Waals surface area contributed by atoms with Gasteiger partial charge in [0, 0.05) is 11.8 Å². The Morgan fingerprint density at radius 3 is 1.06 bits per heavy atom. The van der Waals surface area contributed by atoms with E-state index in [0.717, 1.165) is 9.80 Å². The molecule has 3 fully saturated rings. The number of rotatable bonds is 2. The molecule has 0 aromatic heterocycles. The van der Waals surface area contributed by atoms with Crippen molar-refractivity contribution in [2.75, 3.05) is 9.80 Å². The molecule has 3 aliphatic carbocycles. The third-order valence-electron chi connectivity index (χ3n) is 7.23. The maximum absolute atomic E-state index is 13.4. The minimum Gasteiger partial charge on any atom is -0.508 e. The monoisotopic (exact) mass is 430 g/mol. The molecule has 5 aliphatic rings. The lowest BCUT2D eigenvalue weighted by atomic mass is 9.54. The number of anilines is 2. The fraction of sp³-hybridized carbons (Fsp3) is 0.250. The van der Waals surface area contributed by atoms with Gasteiger partial charge in [-0.2, -0.15) is 0 Å². The minimum atomic E-state index is -0.705. The first-order chi connectivity index (χ1) is 15.4. The summed E-state index contributed by atoms with van der Waals surface area (Å²) >= 11 is 0. The molecule has 1 saturated carbocycles. The molecule has 2 saturated heterocycles. The maximum Gasteiger partial charge on any atom is 0.238 e. The molecular formula is C24H18N2O6. The van der Waals surface area contributed by atoms with E-state index in [1.54, 1.807) is 0 Å². The summed E-state index contributed by atoms with van der Waals surface area (Å²) in [7, 11) is 0. The van der Waals surface area contributed by atoms with Crippen molar-refractivity contribution in [1.29, 1.82) is 0 Å². The van der Waals surface area contributed by atoms with Crippen molar-refractivity contribution >= 4 is 35.0 Å². The number of nitrogens with zero attached hydrogens (tertiary/aromatic N) is 2. The van der Waals surface area contributed by atoms with Crippen LogP contribution < -0.4 is 9.80 Å². The van der Waals surface area contributed by atoms with Crippen molar-refractivity contribution in [2.24, 2.45) is 35.5 Å². The van der Waals surface area contributed by atoms with Crippen molar-refractivity contribution in [3.63, 3.8) is 0 Å². The Balaban J connectivity index is 1.39. The number of carbonyl (C=O) groups is 4. The average molecular weight is 430 g/mol. The van der Waals surface area contributed by atoms with E-state index in [4.69, 9.17) is 0 Å². The molecule has 4 amide bonds.